The van der Waals surface area contributed by atoms with Crippen molar-refractivity contribution in [1.82, 2.24) is 0 Å². The molecule has 0 atom stereocenters. The summed E-state index contributed by atoms with van der Waals surface area (Å²) in [7, 11) is 0. The quantitative estimate of drug-likeness (QED) is 0.172. The maximum Gasteiger partial charge on any atom is 0.143 e. The van der Waals surface area contributed by atoms with Gasteiger partial charge < -0.3 is 4.42 Å². The minimum absolute atomic E-state index is 0.200. The van der Waals surface area contributed by atoms with Gasteiger partial charge in [-0.2, -0.15) is 0 Å². The minimum atomic E-state index is -0.200. The maximum absolute atomic E-state index is 6.95. The Hall–Kier alpha value is -6.44. The fourth-order valence-corrected chi connectivity index (χ4v) is 9.37. The second kappa shape index (κ2) is 10.8. The van der Waals surface area contributed by atoms with E-state index in [0.29, 0.717) is 0 Å². The van der Waals surface area contributed by atoms with E-state index in [1.807, 2.05) is 0 Å². The summed E-state index contributed by atoms with van der Waals surface area (Å²) in [4.78, 5) is 0. The molecule has 10 aromatic rings. The molecule has 1 aliphatic carbocycles. The van der Waals surface area contributed by atoms with Crippen molar-refractivity contribution in [2.24, 2.45) is 0 Å². The highest BCUT2D eigenvalue weighted by Gasteiger charge is 2.39. The smallest absolute Gasteiger partial charge is 0.143 e. The molecule has 1 aliphatic rings. The van der Waals surface area contributed by atoms with Crippen LogP contribution in [0.3, 0.4) is 0 Å². The van der Waals surface area contributed by atoms with Crippen molar-refractivity contribution in [3.8, 4) is 44.5 Å². The van der Waals surface area contributed by atoms with Gasteiger partial charge >= 0.3 is 0 Å². The minimum Gasteiger partial charge on any atom is -0.455 e. The average molecular weight is 663 g/mol. The van der Waals surface area contributed by atoms with Crippen molar-refractivity contribution in [1.29, 1.82) is 0 Å². The fourth-order valence-electron chi connectivity index (χ4n) is 9.37. The second-order valence-corrected chi connectivity index (χ2v) is 14.8. The summed E-state index contributed by atoms with van der Waals surface area (Å²) in [5, 5.41) is 9.86. The molecule has 1 aromatic heterocycles. The highest BCUT2D eigenvalue weighted by atomic mass is 16.3. The van der Waals surface area contributed by atoms with Gasteiger partial charge in [-0.15, -0.1) is 0 Å². The van der Waals surface area contributed by atoms with Gasteiger partial charge in [-0.1, -0.05) is 172 Å². The maximum atomic E-state index is 6.95. The van der Waals surface area contributed by atoms with Crippen LogP contribution in [-0.4, -0.2) is 0 Å². The summed E-state index contributed by atoms with van der Waals surface area (Å²) in [5.74, 6) is 0. The molecule has 9 aromatic carbocycles. The molecule has 0 saturated carbocycles. The molecule has 0 unspecified atom stereocenters. The lowest BCUT2D eigenvalue weighted by Gasteiger charge is -2.25. The Morgan fingerprint density at radius 3 is 1.58 bits per heavy atom. The van der Waals surface area contributed by atoms with E-state index in [2.05, 4.69) is 184 Å². The first-order chi connectivity index (χ1) is 25.6. The first-order valence-electron chi connectivity index (χ1n) is 18.2. The summed E-state index contributed by atoms with van der Waals surface area (Å²) in [6, 6.07) is 62.2. The molecule has 1 heterocycles. The molecule has 0 saturated heterocycles. The van der Waals surface area contributed by atoms with Crippen molar-refractivity contribution >= 4 is 54.3 Å². The van der Waals surface area contributed by atoms with Crippen LogP contribution in [-0.2, 0) is 5.41 Å². The highest BCUT2D eigenvalue weighted by Crippen LogP contribution is 2.56. The van der Waals surface area contributed by atoms with Crippen LogP contribution < -0.4 is 0 Å². The van der Waals surface area contributed by atoms with Gasteiger partial charge in [0.05, 0.1) is 0 Å². The van der Waals surface area contributed by atoms with Gasteiger partial charge in [0.25, 0.3) is 0 Å². The number of hydrogen-bond donors (Lipinski definition) is 0. The SMILES string of the molecule is CC1(C)c2ccccc2-c2cc3c(oc4ccc5ccccc5c43)c(-c3ccc(-c4c5ccccc5c(-c5ccccc5)c5ccccc45)cc3)c21. The molecule has 244 valence electrons. The molecule has 0 spiro atoms. The molecular formula is C51H34O. The molecule has 0 bridgehead atoms. The van der Waals surface area contributed by atoms with Gasteiger partial charge in [0.1, 0.15) is 11.2 Å². The summed E-state index contributed by atoms with van der Waals surface area (Å²) >= 11 is 0. The Bertz CT molecular complexity index is 3010. The van der Waals surface area contributed by atoms with E-state index in [9.17, 15) is 0 Å². The van der Waals surface area contributed by atoms with E-state index >= 15 is 0 Å². The Labute approximate surface area is 302 Å². The average Bonchev–Trinajstić information content (AvgIpc) is 3.68. The van der Waals surface area contributed by atoms with Crippen molar-refractivity contribution in [2.45, 2.75) is 19.3 Å². The zero-order valence-electron chi connectivity index (χ0n) is 29.1. The van der Waals surface area contributed by atoms with Crippen LogP contribution in [0.15, 0.2) is 174 Å². The van der Waals surface area contributed by atoms with Crippen LogP contribution in [0, 0.1) is 0 Å². The van der Waals surface area contributed by atoms with E-state index < -0.39 is 0 Å². The molecular weight excluding hydrogens is 629 g/mol. The predicted molar refractivity (Wildman–Crippen MR) is 220 cm³/mol. The third kappa shape index (κ3) is 3.99. The number of furan rings is 1. The Morgan fingerprint density at radius 1 is 0.404 bits per heavy atom. The molecule has 1 nitrogen and oxygen atoms in total. The zero-order valence-corrected chi connectivity index (χ0v) is 29.1. The summed E-state index contributed by atoms with van der Waals surface area (Å²) in [5.41, 5.74) is 14.4. The van der Waals surface area contributed by atoms with Crippen LogP contribution in [0.4, 0.5) is 0 Å². The highest BCUT2D eigenvalue weighted by molar-refractivity contribution is 6.23. The van der Waals surface area contributed by atoms with Crippen molar-refractivity contribution in [3.05, 3.63) is 181 Å². The molecule has 0 N–H and O–H groups in total. The molecule has 0 amide bonds. The number of fused-ring (bicyclic) bond motifs is 10. The Balaban J connectivity index is 1.19. The van der Waals surface area contributed by atoms with Gasteiger partial charge in [-0.05, 0) is 94.5 Å². The molecule has 0 fully saturated rings. The van der Waals surface area contributed by atoms with Crippen LogP contribution in [0.5, 0.6) is 0 Å². The van der Waals surface area contributed by atoms with E-state index in [1.165, 1.54) is 98.7 Å². The summed E-state index contributed by atoms with van der Waals surface area (Å²) in [6.07, 6.45) is 0. The largest absolute Gasteiger partial charge is 0.455 e. The Morgan fingerprint density at radius 2 is 0.923 bits per heavy atom. The van der Waals surface area contributed by atoms with Gasteiger partial charge in [0.2, 0.25) is 0 Å². The van der Waals surface area contributed by atoms with Crippen LogP contribution in [0.1, 0.15) is 25.0 Å². The zero-order chi connectivity index (χ0) is 34.6. The lowest BCUT2D eigenvalue weighted by atomic mass is 9.78. The van der Waals surface area contributed by atoms with Gasteiger partial charge in [0.15, 0.2) is 0 Å². The van der Waals surface area contributed by atoms with Crippen LogP contribution in [0.2, 0.25) is 0 Å². The van der Waals surface area contributed by atoms with E-state index in [1.54, 1.807) is 0 Å². The lowest BCUT2D eigenvalue weighted by molar-refractivity contribution is 0.650. The molecule has 11 rings (SSSR count). The number of hydrogen-bond acceptors (Lipinski definition) is 1. The standard InChI is InChI=1S/C51H34O/c1-51(2)43-23-13-12-18-36(43)41-30-42-48-35-17-7-6-14-31(35)28-29-44(48)52-50(42)47(49(41)51)34-26-24-33(25-27-34)46-39-21-10-8-19-37(39)45(32-15-4-3-5-16-32)38-20-9-11-22-40(38)46/h3-30H,1-2H3. The Kier molecular flexibility index (Phi) is 6.08. The van der Waals surface area contributed by atoms with Crippen LogP contribution >= 0.6 is 0 Å². The van der Waals surface area contributed by atoms with E-state index in [-0.39, 0.29) is 5.41 Å². The topological polar surface area (TPSA) is 13.1 Å². The number of rotatable bonds is 3. The van der Waals surface area contributed by atoms with Crippen LogP contribution in [0.25, 0.3) is 98.8 Å². The van der Waals surface area contributed by atoms with Crippen molar-refractivity contribution < 1.29 is 4.42 Å². The van der Waals surface area contributed by atoms with Gasteiger partial charge in [-0.3, -0.25) is 0 Å². The lowest BCUT2D eigenvalue weighted by Crippen LogP contribution is -2.16. The van der Waals surface area contributed by atoms with Gasteiger partial charge in [-0.25, -0.2) is 0 Å². The van der Waals surface area contributed by atoms with Gasteiger partial charge in [0, 0.05) is 21.8 Å². The first-order valence-corrected chi connectivity index (χ1v) is 18.2. The monoisotopic (exact) mass is 662 g/mol. The molecule has 0 aliphatic heterocycles. The van der Waals surface area contributed by atoms with E-state index in [0.717, 1.165) is 11.2 Å². The molecule has 52 heavy (non-hydrogen) atoms. The van der Waals surface area contributed by atoms with Crippen molar-refractivity contribution in [2.75, 3.05) is 0 Å². The summed E-state index contributed by atoms with van der Waals surface area (Å²) in [6.45, 7) is 4.73. The normalized spacial score (nSPS) is 13.3. The fraction of sp³-hybridized carbons (Fsp3) is 0.0588. The molecule has 0 radical (unpaired) electrons. The number of benzene rings is 9. The third-order valence-corrected chi connectivity index (χ3v) is 11.6. The predicted octanol–water partition coefficient (Wildman–Crippen LogP) is 14.4. The third-order valence-electron chi connectivity index (χ3n) is 11.6. The van der Waals surface area contributed by atoms with Crippen molar-refractivity contribution in [3.63, 3.8) is 0 Å². The second-order valence-electron chi connectivity index (χ2n) is 14.8. The van der Waals surface area contributed by atoms with E-state index in [4.69, 9.17) is 4.42 Å². The summed E-state index contributed by atoms with van der Waals surface area (Å²) < 4.78 is 6.95. The molecule has 1 heteroatoms. The first kappa shape index (κ1) is 29.3.